The number of alkyl halides is 1. The minimum absolute atomic E-state index is 0.226. The Balaban J connectivity index is 3.25. The number of rotatable bonds is 3. The van der Waals surface area contributed by atoms with Crippen LogP contribution in [0.3, 0.4) is 0 Å². The molecule has 0 aromatic heterocycles. The minimum atomic E-state index is -1.53. The summed E-state index contributed by atoms with van der Waals surface area (Å²) in [4.78, 5) is 11.7. The van der Waals surface area contributed by atoms with Gasteiger partial charge in [-0.2, -0.15) is 0 Å². The lowest BCUT2D eigenvalue weighted by Gasteiger charge is -2.19. The van der Waals surface area contributed by atoms with Crippen LogP contribution in [0, 0.1) is 0 Å². The lowest BCUT2D eigenvalue weighted by Crippen LogP contribution is -2.29. The van der Waals surface area contributed by atoms with Gasteiger partial charge in [0.2, 0.25) is 0 Å². The molecule has 1 aromatic rings. The van der Waals surface area contributed by atoms with Crippen LogP contribution in [0.5, 0.6) is 0 Å². The number of hydrogen-bond donors (Lipinski definition) is 1. The van der Waals surface area contributed by atoms with Crippen molar-refractivity contribution >= 4 is 5.78 Å². The van der Waals surface area contributed by atoms with Gasteiger partial charge in [-0.25, -0.2) is 4.39 Å². The van der Waals surface area contributed by atoms with Crippen molar-refractivity contribution in [3.8, 4) is 0 Å². The van der Waals surface area contributed by atoms with Gasteiger partial charge in [0.05, 0.1) is 6.04 Å². The molecule has 0 saturated carbocycles. The molecule has 2 N–H and O–H groups in total. The van der Waals surface area contributed by atoms with Crippen molar-refractivity contribution in [3.63, 3.8) is 0 Å². The van der Waals surface area contributed by atoms with E-state index in [0.29, 0.717) is 11.1 Å². The summed E-state index contributed by atoms with van der Waals surface area (Å²) >= 11 is 0. The molecule has 0 radical (unpaired) electrons. The van der Waals surface area contributed by atoms with Gasteiger partial charge in [0.15, 0.2) is 5.78 Å². The molecule has 0 spiro atoms. The highest BCUT2D eigenvalue weighted by Crippen LogP contribution is 2.28. The molecule has 0 heterocycles. The van der Waals surface area contributed by atoms with E-state index in [0.717, 1.165) is 0 Å². The van der Waals surface area contributed by atoms with Crippen molar-refractivity contribution in [2.24, 2.45) is 5.73 Å². The molecule has 3 heteroatoms. The summed E-state index contributed by atoms with van der Waals surface area (Å²) in [7, 11) is 0. The third-order valence-electron chi connectivity index (χ3n) is 2.25. The maximum Gasteiger partial charge on any atom is 0.179 e. The summed E-state index contributed by atoms with van der Waals surface area (Å²) < 4.78 is 13.8. The Morgan fingerprint density at radius 3 is 2.40 bits per heavy atom. The van der Waals surface area contributed by atoms with E-state index < -0.39 is 11.7 Å². The Morgan fingerprint density at radius 2 is 1.93 bits per heavy atom. The van der Waals surface area contributed by atoms with Gasteiger partial charge in [-0.1, -0.05) is 24.3 Å². The fraction of sp³-hybridized carbons (Fsp3) is 0.417. The first-order chi connectivity index (χ1) is 6.84. The number of benzene rings is 1. The summed E-state index contributed by atoms with van der Waals surface area (Å²) in [5, 5.41) is 0. The fourth-order valence-electron chi connectivity index (χ4n) is 1.46. The Morgan fingerprint density at radius 1 is 1.40 bits per heavy atom. The molecule has 0 aliphatic rings. The van der Waals surface area contributed by atoms with E-state index in [4.69, 9.17) is 5.73 Å². The molecule has 0 saturated heterocycles. The fourth-order valence-corrected chi connectivity index (χ4v) is 1.46. The molecular weight excluding hydrogens is 193 g/mol. The summed E-state index contributed by atoms with van der Waals surface area (Å²) in [6.45, 7) is 4.46. The standard InChI is InChI=1S/C12H16FNO/c1-8(14)11(15)9-6-4-5-7-10(9)12(2,3)13/h4-8H,14H2,1-3H3. The molecule has 82 valence electrons. The van der Waals surface area contributed by atoms with Crippen LogP contribution in [-0.2, 0) is 5.67 Å². The number of carbonyl (C=O) groups is 1. The average Bonchev–Trinajstić information content (AvgIpc) is 2.15. The number of halogens is 1. The number of carbonyl (C=O) groups excluding carboxylic acids is 1. The molecule has 1 atom stereocenters. The lowest BCUT2D eigenvalue weighted by atomic mass is 9.91. The van der Waals surface area contributed by atoms with Crippen molar-refractivity contribution in [3.05, 3.63) is 35.4 Å². The van der Waals surface area contributed by atoms with Gasteiger partial charge < -0.3 is 5.73 Å². The molecule has 0 fully saturated rings. The van der Waals surface area contributed by atoms with Gasteiger partial charge in [0.1, 0.15) is 5.67 Å². The van der Waals surface area contributed by atoms with E-state index in [2.05, 4.69) is 0 Å². The Bertz CT molecular complexity index is 366. The number of ketones is 1. The average molecular weight is 209 g/mol. The third-order valence-corrected chi connectivity index (χ3v) is 2.25. The van der Waals surface area contributed by atoms with E-state index in [-0.39, 0.29) is 5.78 Å². The van der Waals surface area contributed by atoms with Crippen LogP contribution in [0.2, 0.25) is 0 Å². The number of nitrogens with two attached hydrogens (primary N) is 1. The quantitative estimate of drug-likeness (QED) is 0.777. The zero-order valence-electron chi connectivity index (χ0n) is 9.25. The van der Waals surface area contributed by atoms with Crippen molar-refractivity contribution < 1.29 is 9.18 Å². The second kappa shape index (κ2) is 4.11. The Kier molecular flexibility index (Phi) is 3.25. The van der Waals surface area contributed by atoms with E-state index >= 15 is 0 Å². The maximum atomic E-state index is 13.8. The smallest absolute Gasteiger partial charge is 0.179 e. The molecular formula is C12H16FNO. The van der Waals surface area contributed by atoms with Crippen LogP contribution in [0.4, 0.5) is 4.39 Å². The van der Waals surface area contributed by atoms with Gasteiger partial charge in [-0.15, -0.1) is 0 Å². The highest BCUT2D eigenvalue weighted by atomic mass is 19.1. The molecule has 1 rings (SSSR count). The molecule has 0 amide bonds. The van der Waals surface area contributed by atoms with Gasteiger partial charge in [0, 0.05) is 5.56 Å². The molecule has 0 aliphatic carbocycles. The van der Waals surface area contributed by atoms with Crippen molar-refractivity contribution in [1.29, 1.82) is 0 Å². The van der Waals surface area contributed by atoms with E-state index in [1.165, 1.54) is 13.8 Å². The van der Waals surface area contributed by atoms with Crippen molar-refractivity contribution in [1.82, 2.24) is 0 Å². The van der Waals surface area contributed by atoms with E-state index in [1.54, 1.807) is 31.2 Å². The molecule has 0 aliphatic heterocycles. The normalized spacial score (nSPS) is 13.7. The molecule has 2 nitrogen and oxygen atoms in total. The molecule has 15 heavy (non-hydrogen) atoms. The Hall–Kier alpha value is -1.22. The van der Waals surface area contributed by atoms with Crippen LogP contribution in [0.1, 0.15) is 36.7 Å². The van der Waals surface area contributed by atoms with Crippen molar-refractivity contribution in [2.45, 2.75) is 32.5 Å². The summed E-state index contributed by atoms with van der Waals surface area (Å²) in [5.74, 6) is -0.226. The van der Waals surface area contributed by atoms with Crippen LogP contribution < -0.4 is 5.73 Å². The van der Waals surface area contributed by atoms with Gasteiger partial charge in [-0.3, -0.25) is 4.79 Å². The van der Waals surface area contributed by atoms with Gasteiger partial charge in [0.25, 0.3) is 0 Å². The summed E-state index contributed by atoms with van der Waals surface area (Å²) in [6.07, 6.45) is 0. The predicted molar refractivity (Wildman–Crippen MR) is 58.6 cm³/mol. The molecule has 1 unspecified atom stereocenters. The second-order valence-electron chi connectivity index (χ2n) is 4.17. The van der Waals surface area contributed by atoms with Crippen LogP contribution in [-0.4, -0.2) is 11.8 Å². The monoisotopic (exact) mass is 209 g/mol. The van der Waals surface area contributed by atoms with E-state index in [9.17, 15) is 9.18 Å². The highest BCUT2D eigenvalue weighted by Gasteiger charge is 2.25. The minimum Gasteiger partial charge on any atom is -0.321 e. The topological polar surface area (TPSA) is 43.1 Å². The summed E-state index contributed by atoms with van der Waals surface area (Å²) in [5.41, 5.74) is 4.75. The van der Waals surface area contributed by atoms with Crippen LogP contribution in [0.25, 0.3) is 0 Å². The number of hydrogen-bond acceptors (Lipinski definition) is 2. The first-order valence-corrected chi connectivity index (χ1v) is 4.92. The predicted octanol–water partition coefficient (Wildman–Crippen LogP) is 2.42. The lowest BCUT2D eigenvalue weighted by molar-refractivity contribution is 0.0961. The SMILES string of the molecule is CC(N)C(=O)c1ccccc1C(C)(C)F. The zero-order valence-corrected chi connectivity index (χ0v) is 9.25. The largest absolute Gasteiger partial charge is 0.321 e. The molecule has 1 aromatic carbocycles. The Labute approximate surface area is 89.3 Å². The first kappa shape index (κ1) is 11.9. The maximum absolute atomic E-state index is 13.8. The second-order valence-corrected chi connectivity index (χ2v) is 4.17. The van der Waals surface area contributed by atoms with Gasteiger partial charge in [-0.05, 0) is 26.3 Å². The molecule has 0 bridgehead atoms. The van der Waals surface area contributed by atoms with Crippen LogP contribution in [0.15, 0.2) is 24.3 Å². The van der Waals surface area contributed by atoms with Crippen LogP contribution >= 0.6 is 0 Å². The first-order valence-electron chi connectivity index (χ1n) is 4.92. The van der Waals surface area contributed by atoms with Crippen molar-refractivity contribution in [2.75, 3.05) is 0 Å². The third kappa shape index (κ3) is 2.63. The zero-order chi connectivity index (χ0) is 11.6. The number of Topliss-reactive ketones (excluding diaryl/α,β-unsaturated/α-hetero) is 1. The van der Waals surface area contributed by atoms with E-state index in [1.807, 2.05) is 0 Å². The highest BCUT2D eigenvalue weighted by molar-refractivity contribution is 6.01. The summed E-state index contributed by atoms with van der Waals surface area (Å²) in [6, 6.07) is 6.06. The van der Waals surface area contributed by atoms with Gasteiger partial charge >= 0.3 is 0 Å².